The summed E-state index contributed by atoms with van der Waals surface area (Å²) in [6, 6.07) is 5.91. The first-order valence-electron chi connectivity index (χ1n) is 4.73. The van der Waals surface area contributed by atoms with Crippen molar-refractivity contribution in [3.05, 3.63) is 34.8 Å². The predicted octanol–water partition coefficient (Wildman–Crippen LogP) is 3.43. The molecule has 0 fully saturated rings. The summed E-state index contributed by atoms with van der Waals surface area (Å²) in [6.45, 7) is 0. The largest absolute Gasteiger partial charge is 0.350 e. The van der Waals surface area contributed by atoms with Gasteiger partial charge in [0.05, 0.1) is 5.52 Å². The highest BCUT2D eigenvalue weighted by atomic mass is 35.5. The smallest absolute Gasteiger partial charge is 0.224 e. The second-order valence-corrected chi connectivity index (χ2v) is 4.30. The van der Waals surface area contributed by atoms with Gasteiger partial charge in [0.1, 0.15) is 5.15 Å². The number of benzene rings is 1. The number of nitrogens with zero attached hydrogens (tertiary/aromatic N) is 3. The Kier molecular flexibility index (Phi) is 2.06. The molecule has 0 bridgehead atoms. The maximum Gasteiger partial charge on any atom is 0.224 e. The highest BCUT2D eigenvalue weighted by Gasteiger charge is 2.09. The molecule has 1 aromatic carbocycles. The van der Waals surface area contributed by atoms with Crippen LogP contribution >= 0.6 is 23.2 Å². The molecule has 0 radical (unpaired) electrons. The van der Waals surface area contributed by atoms with Gasteiger partial charge in [0.15, 0.2) is 0 Å². The van der Waals surface area contributed by atoms with Crippen LogP contribution in [0.1, 0.15) is 0 Å². The Morgan fingerprint density at radius 2 is 1.88 bits per heavy atom. The number of hydrogen-bond acceptors (Lipinski definition) is 2. The Morgan fingerprint density at radius 1 is 1.06 bits per heavy atom. The van der Waals surface area contributed by atoms with Gasteiger partial charge in [-0.15, -0.1) is 0 Å². The van der Waals surface area contributed by atoms with Gasteiger partial charge in [0.2, 0.25) is 5.28 Å². The molecule has 0 aliphatic heterocycles. The first kappa shape index (κ1) is 9.87. The van der Waals surface area contributed by atoms with Crippen molar-refractivity contribution in [2.75, 3.05) is 0 Å². The fourth-order valence-corrected chi connectivity index (χ4v) is 2.33. The molecule has 3 rings (SSSR count). The Bertz CT molecular complexity index is 703. The van der Waals surface area contributed by atoms with Gasteiger partial charge in [-0.3, -0.25) is 0 Å². The molecule has 2 heterocycles. The summed E-state index contributed by atoms with van der Waals surface area (Å²) in [4.78, 5) is 8.16. The standard InChI is InChI=1S/C11H7Cl2N3/c1-16-5-4-6-8(16)3-2-7-9(6)14-11(13)15-10(7)12/h2-5H,1H3. The molecule has 0 saturated carbocycles. The summed E-state index contributed by atoms with van der Waals surface area (Å²) in [7, 11) is 1.98. The Hall–Kier alpha value is -1.32. The summed E-state index contributed by atoms with van der Waals surface area (Å²) >= 11 is 11.8. The molecule has 3 nitrogen and oxygen atoms in total. The van der Waals surface area contributed by atoms with Crippen LogP contribution in [0.2, 0.25) is 10.4 Å². The van der Waals surface area contributed by atoms with Gasteiger partial charge in [-0.1, -0.05) is 11.6 Å². The highest BCUT2D eigenvalue weighted by Crippen LogP contribution is 2.29. The van der Waals surface area contributed by atoms with E-state index in [1.807, 2.05) is 36.0 Å². The van der Waals surface area contributed by atoms with E-state index in [2.05, 4.69) is 9.97 Å². The van der Waals surface area contributed by atoms with E-state index in [0.717, 1.165) is 21.8 Å². The van der Waals surface area contributed by atoms with E-state index in [0.29, 0.717) is 5.15 Å². The molecular formula is C11H7Cl2N3. The number of halogens is 2. The van der Waals surface area contributed by atoms with Gasteiger partial charge in [0.25, 0.3) is 0 Å². The lowest BCUT2D eigenvalue weighted by Gasteiger charge is -2.02. The average molecular weight is 252 g/mol. The minimum absolute atomic E-state index is 0.175. The molecule has 0 amide bonds. The van der Waals surface area contributed by atoms with Crippen LogP contribution in [0.15, 0.2) is 24.4 Å². The number of aromatic nitrogens is 3. The average Bonchev–Trinajstić information content (AvgIpc) is 2.60. The number of aryl methyl sites for hydroxylation is 1. The minimum Gasteiger partial charge on any atom is -0.350 e. The minimum atomic E-state index is 0.175. The van der Waals surface area contributed by atoms with E-state index in [1.54, 1.807) is 0 Å². The topological polar surface area (TPSA) is 30.7 Å². The zero-order chi connectivity index (χ0) is 11.3. The Morgan fingerprint density at radius 3 is 2.69 bits per heavy atom. The van der Waals surface area contributed by atoms with Crippen LogP contribution in [0, 0.1) is 0 Å². The highest BCUT2D eigenvalue weighted by molar-refractivity contribution is 6.36. The summed E-state index contributed by atoms with van der Waals surface area (Å²) in [5.41, 5.74) is 1.89. The van der Waals surface area contributed by atoms with Crippen molar-refractivity contribution in [2.24, 2.45) is 7.05 Å². The van der Waals surface area contributed by atoms with Gasteiger partial charge in [0, 0.05) is 29.5 Å². The molecule has 0 atom stereocenters. The fraction of sp³-hybridized carbons (Fsp3) is 0.0909. The van der Waals surface area contributed by atoms with Crippen molar-refractivity contribution in [1.29, 1.82) is 0 Å². The van der Waals surface area contributed by atoms with Crippen molar-refractivity contribution < 1.29 is 0 Å². The second-order valence-electron chi connectivity index (χ2n) is 3.60. The van der Waals surface area contributed by atoms with Gasteiger partial charge in [-0.2, -0.15) is 0 Å². The lowest BCUT2D eigenvalue weighted by atomic mass is 10.2. The molecule has 3 aromatic rings. The van der Waals surface area contributed by atoms with Gasteiger partial charge < -0.3 is 4.57 Å². The van der Waals surface area contributed by atoms with E-state index in [4.69, 9.17) is 23.2 Å². The number of fused-ring (bicyclic) bond motifs is 3. The van der Waals surface area contributed by atoms with Crippen LogP contribution in [0.3, 0.4) is 0 Å². The van der Waals surface area contributed by atoms with Crippen LogP contribution in [0.4, 0.5) is 0 Å². The Balaban J connectivity index is 2.59. The van der Waals surface area contributed by atoms with Gasteiger partial charge in [-0.25, -0.2) is 9.97 Å². The van der Waals surface area contributed by atoms with E-state index < -0.39 is 0 Å². The third kappa shape index (κ3) is 1.29. The van der Waals surface area contributed by atoms with Crippen LogP contribution < -0.4 is 0 Å². The van der Waals surface area contributed by atoms with Crippen LogP contribution in [0.5, 0.6) is 0 Å². The molecule has 0 saturated heterocycles. The monoisotopic (exact) mass is 251 g/mol. The first-order valence-corrected chi connectivity index (χ1v) is 5.49. The van der Waals surface area contributed by atoms with Crippen LogP contribution in [-0.4, -0.2) is 14.5 Å². The molecule has 16 heavy (non-hydrogen) atoms. The Labute approximate surface area is 102 Å². The van der Waals surface area contributed by atoms with E-state index in [-0.39, 0.29) is 5.28 Å². The van der Waals surface area contributed by atoms with Crippen LogP contribution in [-0.2, 0) is 7.05 Å². The molecule has 0 N–H and O–H groups in total. The van der Waals surface area contributed by atoms with E-state index >= 15 is 0 Å². The fourth-order valence-electron chi connectivity index (χ4n) is 1.88. The van der Waals surface area contributed by atoms with Crippen LogP contribution in [0.25, 0.3) is 21.8 Å². The SMILES string of the molecule is Cn1ccc2c3nc(Cl)nc(Cl)c3ccc21. The zero-order valence-corrected chi connectivity index (χ0v) is 9.92. The maximum absolute atomic E-state index is 6.03. The lowest BCUT2D eigenvalue weighted by Crippen LogP contribution is -1.89. The van der Waals surface area contributed by atoms with Gasteiger partial charge in [-0.05, 0) is 29.8 Å². The third-order valence-corrected chi connectivity index (χ3v) is 3.11. The maximum atomic E-state index is 6.03. The molecule has 80 valence electrons. The summed E-state index contributed by atoms with van der Waals surface area (Å²) in [5, 5.41) is 2.42. The lowest BCUT2D eigenvalue weighted by molar-refractivity contribution is 0.969. The van der Waals surface area contributed by atoms with Crippen molar-refractivity contribution in [2.45, 2.75) is 0 Å². The molecular weight excluding hydrogens is 245 g/mol. The first-order chi connectivity index (χ1) is 7.66. The van der Waals surface area contributed by atoms with Crippen molar-refractivity contribution >= 4 is 45.0 Å². The van der Waals surface area contributed by atoms with E-state index in [9.17, 15) is 0 Å². The molecule has 0 unspecified atom stereocenters. The molecule has 0 aliphatic rings. The van der Waals surface area contributed by atoms with Crippen molar-refractivity contribution in [1.82, 2.24) is 14.5 Å². The van der Waals surface area contributed by atoms with Crippen molar-refractivity contribution in [3.63, 3.8) is 0 Å². The zero-order valence-electron chi connectivity index (χ0n) is 8.41. The number of hydrogen-bond donors (Lipinski definition) is 0. The third-order valence-electron chi connectivity index (χ3n) is 2.66. The van der Waals surface area contributed by atoms with Gasteiger partial charge >= 0.3 is 0 Å². The molecule has 2 aromatic heterocycles. The quantitative estimate of drug-likeness (QED) is 0.453. The van der Waals surface area contributed by atoms with E-state index in [1.165, 1.54) is 0 Å². The molecule has 0 aliphatic carbocycles. The van der Waals surface area contributed by atoms with Crippen molar-refractivity contribution in [3.8, 4) is 0 Å². The predicted molar refractivity (Wildman–Crippen MR) is 66.0 cm³/mol. The summed E-state index contributed by atoms with van der Waals surface area (Å²) < 4.78 is 2.03. The second kappa shape index (κ2) is 3.34. The molecule has 0 spiro atoms. The summed E-state index contributed by atoms with van der Waals surface area (Å²) in [6.07, 6.45) is 1.98. The molecule has 5 heteroatoms. The number of rotatable bonds is 0. The summed E-state index contributed by atoms with van der Waals surface area (Å²) in [5.74, 6) is 0. The normalized spacial score (nSPS) is 11.4.